The molecule has 0 aliphatic carbocycles. The van der Waals surface area contributed by atoms with E-state index in [-0.39, 0.29) is 0 Å². The molecule has 0 aliphatic heterocycles. The molecule has 1 aromatic rings. The van der Waals surface area contributed by atoms with E-state index in [1.165, 1.54) is 11.0 Å². The van der Waals surface area contributed by atoms with Gasteiger partial charge in [-0.15, -0.1) is 0 Å². The smallest absolute Gasteiger partial charge is 0.0233 e. The Bertz CT molecular complexity index is 215. The van der Waals surface area contributed by atoms with E-state index in [4.69, 9.17) is 10.7 Å². The van der Waals surface area contributed by atoms with Crippen LogP contribution in [0, 0.1) is 0 Å². The van der Waals surface area contributed by atoms with Crippen LogP contribution in [0.5, 0.6) is 0 Å². The molecule has 0 unspecified atom stereocenters. The fourth-order valence-corrected chi connectivity index (χ4v) is 1.20. The fourth-order valence-electron chi connectivity index (χ4n) is 0.655. The molecule has 0 N–H and O–H groups in total. The van der Waals surface area contributed by atoms with Crippen LogP contribution in [0.2, 0.25) is 0 Å². The van der Waals surface area contributed by atoms with E-state index in [1.807, 2.05) is 30.3 Å². The third-order valence-electron chi connectivity index (χ3n) is 1.20. The van der Waals surface area contributed by atoms with Gasteiger partial charge in [-0.3, -0.25) is 0 Å². The average molecular weight is 171 g/mol. The molecule has 0 bridgehead atoms. The fraction of sp³-hybridized carbons (Fsp3) is 0. The van der Waals surface area contributed by atoms with E-state index >= 15 is 0 Å². The molecule has 10 heavy (non-hydrogen) atoms. The summed E-state index contributed by atoms with van der Waals surface area (Å²) < 4.78 is 0. The van der Waals surface area contributed by atoms with Crippen LogP contribution in [0.15, 0.2) is 35.7 Å². The summed E-state index contributed by atoms with van der Waals surface area (Å²) in [7, 11) is 6.74. The monoisotopic (exact) mass is 170 g/mol. The van der Waals surface area contributed by atoms with E-state index in [1.54, 1.807) is 0 Å². The zero-order chi connectivity index (χ0) is 7.40. The second-order valence-electron chi connectivity index (χ2n) is 1.85. The van der Waals surface area contributed by atoms with Crippen molar-refractivity contribution in [3.63, 3.8) is 0 Å². The normalized spacial score (nSPS) is 9.30. The lowest BCUT2D eigenvalue weighted by atomic mass is 10.2. The quantitative estimate of drug-likeness (QED) is 0.654. The minimum absolute atomic E-state index is 1.06. The third kappa shape index (κ3) is 1.79. The summed E-state index contributed by atoms with van der Waals surface area (Å²) in [6.45, 7) is 3.65. The van der Waals surface area contributed by atoms with E-state index in [9.17, 15) is 0 Å². The highest BCUT2D eigenvalue weighted by atomic mass is 35.7. The number of benzene rings is 1. The van der Waals surface area contributed by atoms with Gasteiger partial charge >= 0.3 is 0 Å². The zero-order valence-corrected chi connectivity index (χ0v) is 6.95. The molecule has 0 saturated heterocycles. The van der Waals surface area contributed by atoms with Crippen LogP contribution < -0.4 is 0 Å². The third-order valence-corrected chi connectivity index (χ3v) is 2.19. The van der Waals surface area contributed by atoms with Crippen molar-refractivity contribution in [2.45, 2.75) is 4.90 Å². The van der Waals surface area contributed by atoms with Crippen LogP contribution in [-0.4, -0.2) is 0 Å². The zero-order valence-electron chi connectivity index (χ0n) is 5.38. The van der Waals surface area contributed by atoms with Crippen molar-refractivity contribution >= 4 is 27.7 Å². The van der Waals surface area contributed by atoms with Gasteiger partial charge < -0.3 is 0 Å². The first-order valence-corrected chi connectivity index (χ1v) is 4.52. The Kier molecular flexibility index (Phi) is 2.84. The predicted molar refractivity (Wildman–Crippen MR) is 48.2 cm³/mol. The van der Waals surface area contributed by atoms with Crippen molar-refractivity contribution in [1.82, 2.24) is 0 Å². The van der Waals surface area contributed by atoms with Gasteiger partial charge in [0.1, 0.15) is 0 Å². The van der Waals surface area contributed by atoms with Crippen LogP contribution in [-0.2, 0) is 0 Å². The SMILES string of the molecule is C=Cc1ccc(SCl)cc1. The molecule has 0 nitrogen and oxygen atoms in total. The Labute approximate surface area is 69.4 Å². The topological polar surface area (TPSA) is 0 Å². The Morgan fingerprint density at radius 2 is 1.90 bits per heavy atom. The lowest BCUT2D eigenvalue weighted by Crippen LogP contribution is -1.69. The molecule has 1 rings (SSSR count). The first kappa shape index (κ1) is 7.70. The van der Waals surface area contributed by atoms with Crippen molar-refractivity contribution in [2.24, 2.45) is 0 Å². The van der Waals surface area contributed by atoms with Gasteiger partial charge in [-0.2, -0.15) is 0 Å². The molecule has 0 aromatic heterocycles. The summed E-state index contributed by atoms with van der Waals surface area (Å²) in [4.78, 5) is 1.06. The Hall–Kier alpha value is -0.400. The summed E-state index contributed by atoms with van der Waals surface area (Å²) in [5.41, 5.74) is 1.12. The van der Waals surface area contributed by atoms with Crippen molar-refractivity contribution in [2.75, 3.05) is 0 Å². The number of hydrogen-bond acceptors (Lipinski definition) is 1. The van der Waals surface area contributed by atoms with Gasteiger partial charge in [0, 0.05) is 4.90 Å². The second-order valence-corrected chi connectivity index (χ2v) is 2.94. The molecule has 0 aliphatic rings. The molecule has 2 heteroatoms. The van der Waals surface area contributed by atoms with E-state index < -0.39 is 0 Å². The molecule has 0 spiro atoms. The van der Waals surface area contributed by atoms with Crippen LogP contribution in [0.1, 0.15) is 5.56 Å². The number of halogens is 1. The van der Waals surface area contributed by atoms with Crippen LogP contribution in [0.25, 0.3) is 6.08 Å². The van der Waals surface area contributed by atoms with Crippen molar-refractivity contribution in [1.29, 1.82) is 0 Å². The maximum Gasteiger partial charge on any atom is 0.0233 e. The van der Waals surface area contributed by atoms with E-state index in [0.29, 0.717) is 0 Å². The first-order valence-electron chi connectivity index (χ1n) is 2.88. The molecule has 1 aromatic carbocycles. The molecule has 0 atom stereocenters. The van der Waals surface area contributed by atoms with E-state index in [2.05, 4.69) is 6.58 Å². The summed E-state index contributed by atoms with van der Waals surface area (Å²) in [5, 5.41) is 0. The number of hydrogen-bond donors (Lipinski definition) is 0. The Balaban J connectivity index is 2.90. The summed E-state index contributed by atoms with van der Waals surface area (Å²) in [6.07, 6.45) is 1.81. The summed E-state index contributed by atoms with van der Waals surface area (Å²) in [5.74, 6) is 0. The van der Waals surface area contributed by atoms with Gasteiger partial charge in [0.05, 0.1) is 0 Å². The van der Waals surface area contributed by atoms with Gasteiger partial charge in [-0.05, 0) is 39.4 Å². The molecule has 0 radical (unpaired) electrons. The summed E-state index contributed by atoms with van der Waals surface area (Å²) >= 11 is 0. The van der Waals surface area contributed by atoms with Crippen LogP contribution in [0.3, 0.4) is 0 Å². The number of rotatable bonds is 2. The molecule has 52 valence electrons. The van der Waals surface area contributed by atoms with E-state index in [0.717, 1.165) is 10.5 Å². The predicted octanol–water partition coefficient (Wildman–Crippen LogP) is 3.58. The van der Waals surface area contributed by atoms with Gasteiger partial charge in [-0.25, -0.2) is 0 Å². The summed E-state index contributed by atoms with van der Waals surface area (Å²) in [6, 6.07) is 7.90. The van der Waals surface area contributed by atoms with Gasteiger partial charge in [0.15, 0.2) is 0 Å². The van der Waals surface area contributed by atoms with Crippen molar-refractivity contribution in [3.05, 3.63) is 36.4 Å². The standard InChI is InChI=1S/C8H7ClS/c1-2-7-3-5-8(10-9)6-4-7/h2-6H,1H2. The molecule has 0 saturated carbocycles. The first-order chi connectivity index (χ1) is 4.86. The molecule has 0 amide bonds. The highest BCUT2D eigenvalue weighted by molar-refractivity contribution is 8.21. The second kappa shape index (κ2) is 3.69. The average Bonchev–Trinajstić information content (AvgIpc) is 2.05. The van der Waals surface area contributed by atoms with Gasteiger partial charge in [-0.1, -0.05) is 24.8 Å². The minimum Gasteiger partial charge on any atom is -0.0985 e. The van der Waals surface area contributed by atoms with Gasteiger partial charge in [0.2, 0.25) is 0 Å². The lowest BCUT2D eigenvalue weighted by molar-refractivity contribution is 1.46. The van der Waals surface area contributed by atoms with Crippen LogP contribution >= 0.6 is 21.7 Å². The molecule has 0 heterocycles. The Morgan fingerprint density at radius 3 is 2.30 bits per heavy atom. The largest absolute Gasteiger partial charge is 0.0985 e. The Morgan fingerprint density at radius 1 is 1.30 bits per heavy atom. The minimum atomic E-state index is 1.06. The highest BCUT2D eigenvalue weighted by Crippen LogP contribution is 2.21. The molecule has 0 fully saturated rings. The molecular weight excluding hydrogens is 164 g/mol. The maximum atomic E-state index is 5.51. The highest BCUT2D eigenvalue weighted by Gasteiger charge is 1.88. The maximum absolute atomic E-state index is 5.51. The van der Waals surface area contributed by atoms with Gasteiger partial charge in [0.25, 0.3) is 0 Å². The van der Waals surface area contributed by atoms with Crippen molar-refractivity contribution in [3.8, 4) is 0 Å². The molecular formula is C8H7ClS. The lowest BCUT2D eigenvalue weighted by Gasteiger charge is -1.93. The van der Waals surface area contributed by atoms with Crippen LogP contribution in [0.4, 0.5) is 0 Å². The van der Waals surface area contributed by atoms with Crippen molar-refractivity contribution < 1.29 is 0 Å².